The molecule has 2 heterocycles. The van der Waals surface area contributed by atoms with Gasteiger partial charge in [0.15, 0.2) is 0 Å². The van der Waals surface area contributed by atoms with Crippen molar-refractivity contribution in [1.82, 2.24) is 21.3 Å². The molecule has 0 aliphatic carbocycles. The van der Waals surface area contributed by atoms with E-state index >= 15 is 0 Å². The van der Waals surface area contributed by atoms with Gasteiger partial charge in [0.1, 0.15) is 0 Å². The largest absolute Gasteiger partial charge is 0.356 e. The highest BCUT2D eigenvalue weighted by Crippen LogP contribution is 2.33. The van der Waals surface area contributed by atoms with E-state index in [2.05, 4.69) is 33.9 Å². The molecule has 154 valence electrons. The van der Waals surface area contributed by atoms with E-state index in [9.17, 15) is 14.4 Å². The molecule has 7 nitrogen and oxygen atoms in total. The predicted molar refractivity (Wildman–Crippen MR) is 112 cm³/mol. The van der Waals surface area contributed by atoms with Crippen LogP contribution in [0.5, 0.6) is 0 Å². The number of hydrogen-bond donors (Lipinski definition) is 5. The Balaban J connectivity index is 1.41. The van der Waals surface area contributed by atoms with Gasteiger partial charge in [-0.1, -0.05) is 12.8 Å². The number of thiol groups is 1. The number of hydrogen-bond acceptors (Lipinski definition) is 5. The predicted octanol–water partition coefficient (Wildman–Crippen LogP) is 1.43. The monoisotopic (exact) mass is 416 g/mol. The summed E-state index contributed by atoms with van der Waals surface area (Å²) in [4.78, 5) is 34.6. The zero-order valence-corrected chi connectivity index (χ0v) is 17.5. The van der Waals surface area contributed by atoms with Crippen molar-refractivity contribution in [2.75, 3.05) is 24.6 Å². The Morgan fingerprint density at radius 2 is 1.70 bits per heavy atom. The molecule has 4 N–H and O–H groups in total. The van der Waals surface area contributed by atoms with Crippen LogP contribution in [0.4, 0.5) is 4.79 Å². The number of unbranched alkanes of at least 4 members (excludes halogenated alkanes) is 3. The third-order valence-electron chi connectivity index (χ3n) is 4.92. The van der Waals surface area contributed by atoms with Crippen molar-refractivity contribution in [3.8, 4) is 0 Å². The van der Waals surface area contributed by atoms with Crippen molar-refractivity contribution in [2.24, 2.45) is 0 Å². The summed E-state index contributed by atoms with van der Waals surface area (Å²) in [5.74, 6) is 1.82. The summed E-state index contributed by atoms with van der Waals surface area (Å²) in [5.41, 5.74) is 0. The maximum absolute atomic E-state index is 11.9. The number of urea groups is 1. The minimum Gasteiger partial charge on any atom is -0.356 e. The second-order valence-corrected chi connectivity index (χ2v) is 8.82. The average Bonchev–Trinajstić information content (AvgIpc) is 3.19. The quantitative estimate of drug-likeness (QED) is 0.178. The van der Waals surface area contributed by atoms with Crippen LogP contribution in [0.3, 0.4) is 0 Å². The third kappa shape index (κ3) is 8.21. The maximum Gasteiger partial charge on any atom is 0.315 e. The fourth-order valence-electron chi connectivity index (χ4n) is 3.46. The molecule has 0 aromatic carbocycles. The molecular weight excluding hydrogens is 384 g/mol. The van der Waals surface area contributed by atoms with Crippen molar-refractivity contribution in [3.05, 3.63) is 0 Å². The first-order valence-electron chi connectivity index (χ1n) is 9.93. The molecule has 0 unspecified atom stereocenters. The average molecular weight is 417 g/mol. The number of rotatable bonds is 13. The highest BCUT2D eigenvalue weighted by atomic mass is 32.2. The zero-order valence-electron chi connectivity index (χ0n) is 15.8. The van der Waals surface area contributed by atoms with Gasteiger partial charge in [-0.15, -0.1) is 0 Å². The van der Waals surface area contributed by atoms with E-state index in [1.165, 1.54) is 0 Å². The molecule has 0 spiro atoms. The van der Waals surface area contributed by atoms with Crippen LogP contribution >= 0.6 is 24.4 Å². The lowest BCUT2D eigenvalue weighted by molar-refractivity contribution is -0.122. The van der Waals surface area contributed by atoms with E-state index in [0.29, 0.717) is 36.9 Å². The van der Waals surface area contributed by atoms with Gasteiger partial charge in [0.2, 0.25) is 11.8 Å². The molecule has 2 saturated heterocycles. The fourth-order valence-corrected chi connectivity index (χ4v) is 5.12. The summed E-state index contributed by atoms with van der Waals surface area (Å²) in [6, 6.07) is 0.467. The second-order valence-electron chi connectivity index (χ2n) is 7.10. The molecule has 27 heavy (non-hydrogen) atoms. The molecule has 2 aliphatic rings. The van der Waals surface area contributed by atoms with Gasteiger partial charge in [0.25, 0.3) is 0 Å². The van der Waals surface area contributed by atoms with Crippen molar-refractivity contribution < 1.29 is 14.4 Å². The smallest absolute Gasteiger partial charge is 0.315 e. The minimum absolute atomic E-state index is 0.0482. The van der Waals surface area contributed by atoms with Crippen molar-refractivity contribution >= 4 is 42.2 Å². The van der Waals surface area contributed by atoms with Gasteiger partial charge >= 0.3 is 6.03 Å². The van der Waals surface area contributed by atoms with E-state index in [1.54, 1.807) is 0 Å². The second kappa shape index (κ2) is 12.4. The zero-order chi connectivity index (χ0) is 19.5. The molecule has 2 rings (SSSR count). The minimum atomic E-state index is -0.0482. The lowest BCUT2D eigenvalue weighted by Crippen LogP contribution is -2.36. The Morgan fingerprint density at radius 1 is 1.00 bits per heavy atom. The number of carbonyl (C=O) groups is 3. The number of amides is 4. The van der Waals surface area contributed by atoms with Crippen LogP contribution in [0.2, 0.25) is 0 Å². The number of fused-ring (bicyclic) bond motifs is 1. The number of nitrogens with one attached hydrogen (secondary N) is 4. The van der Waals surface area contributed by atoms with E-state index < -0.39 is 0 Å². The van der Waals surface area contributed by atoms with Gasteiger partial charge in [-0.05, 0) is 25.7 Å². The number of carbonyl (C=O) groups excluding carboxylic acids is 3. The molecular formula is C18H32N4O3S2. The van der Waals surface area contributed by atoms with E-state index in [-0.39, 0.29) is 29.9 Å². The summed E-state index contributed by atoms with van der Waals surface area (Å²) in [5, 5.41) is 12.2. The van der Waals surface area contributed by atoms with Gasteiger partial charge in [-0.2, -0.15) is 24.4 Å². The molecule has 0 bridgehead atoms. The first-order chi connectivity index (χ1) is 13.1. The Morgan fingerprint density at radius 3 is 2.44 bits per heavy atom. The van der Waals surface area contributed by atoms with E-state index in [1.807, 2.05) is 11.8 Å². The Labute approximate surface area is 171 Å². The summed E-state index contributed by atoms with van der Waals surface area (Å²) >= 11 is 5.96. The van der Waals surface area contributed by atoms with Gasteiger partial charge in [0, 0.05) is 42.7 Å². The SMILES string of the molecule is O=C(CCCCCNC(=O)CCCC[C@@H]1SC[C@@H]2NC(=O)N[C@@H]21)NCCS. The standard InChI is InChI=1S/C18H32N4O3S2/c23-15(19-9-5-1-2-7-16(24)20-10-11-26)8-4-3-6-14-17-13(12-27-14)21-18(25)22-17/h13-14,17,26H,1-12H2,(H,19,23)(H,20,24)(H2,21,22,25)/t13-,14-,17-/m0/s1. The van der Waals surface area contributed by atoms with Crippen molar-refractivity contribution in [2.45, 2.75) is 68.7 Å². The summed E-state index contributed by atoms with van der Waals surface area (Å²) in [7, 11) is 0. The molecule has 0 aromatic heterocycles. The van der Waals surface area contributed by atoms with Crippen LogP contribution in [0.15, 0.2) is 0 Å². The van der Waals surface area contributed by atoms with Crippen LogP contribution in [0.1, 0.15) is 51.4 Å². The summed E-state index contributed by atoms with van der Waals surface area (Å²) in [6.07, 6.45) is 6.71. The molecule has 3 atom stereocenters. The van der Waals surface area contributed by atoms with Crippen molar-refractivity contribution in [1.29, 1.82) is 0 Å². The molecule has 0 aromatic rings. The van der Waals surface area contributed by atoms with Gasteiger partial charge in [-0.25, -0.2) is 4.79 Å². The Hall–Kier alpha value is -1.09. The highest BCUT2D eigenvalue weighted by molar-refractivity contribution is 8.00. The first kappa shape index (κ1) is 22.2. The summed E-state index contributed by atoms with van der Waals surface area (Å²) in [6.45, 7) is 1.29. The first-order valence-corrected chi connectivity index (χ1v) is 11.6. The Bertz CT molecular complexity index is 507. The molecule has 4 amide bonds. The topological polar surface area (TPSA) is 99.3 Å². The highest BCUT2D eigenvalue weighted by Gasteiger charge is 2.42. The van der Waals surface area contributed by atoms with Gasteiger partial charge < -0.3 is 21.3 Å². The van der Waals surface area contributed by atoms with Crippen LogP contribution in [0.25, 0.3) is 0 Å². The summed E-state index contributed by atoms with van der Waals surface area (Å²) < 4.78 is 0. The molecule has 0 saturated carbocycles. The van der Waals surface area contributed by atoms with Crippen LogP contribution in [-0.2, 0) is 9.59 Å². The van der Waals surface area contributed by atoms with Crippen molar-refractivity contribution in [3.63, 3.8) is 0 Å². The van der Waals surface area contributed by atoms with E-state index in [0.717, 1.165) is 44.3 Å². The molecule has 9 heteroatoms. The van der Waals surface area contributed by atoms with Crippen LogP contribution in [-0.4, -0.2) is 59.8 Å². The van der Waals surface area contributed by atoms with Crippen LogP contribution < -0.4 is 21.3 Å². The lowest BCUT2D eigenvalue weighted by Gasteiger charge is -2.16. The number of thioether (sulfide) groups is 1. The fraction of sp³-hybridized carbons (Fsp3) is 0.833. The maximum atomic E-state index is 11.9. The lowest BCUT2D eigenvalue weighted by atomic mass is 10.0. The van der Waals surface area contributed by atoms with Crippen LogP contribution in [0, 0.1) is 0 Å². The molecule has 0 radical (unpaired) electrons. The van der Waals surface area contributed by atoms with E-state index in [4.69, 9.17) is 0 Å². The van der Waals surface area contributed by atoms with Gasteiger partial charge in [0.05, 0.1) is 12.1 Å². The van der Waals surface area contributed by atoms with Gasteiger partial charge in [-0.3, -0.25) is 9.59 Å². The molecule has 2 fully saturated rings. The molecule has 2 aliphatic heterocycles. The third-order valence-corrected chi connectivity index (χ3v) is 6.65. The Kier molecular flexibility index (Phi) is 10.2. The normalized spacial score (nSPS) is 23.4.